The molecule has 1 N–H and O–H groups in total. The molecule has 1 saturated carbocycles. The number of fused-ring (bicyclic) bond motifs is 1. The van der Waals surface area contributed by atoms with Crippen molar-refractivity contribution in [3.05, 3.63) is 76.7 Å². The van der Waals surface area contributed by atoms with Gasteiger partial charge in [-0.05, 0) is 98.5 Å². The molecule has 7 heteroatoms. The van der Waals surface area contributed by atoms with Crippen LogP contribution >= 0.6 is 0 Å². The molecule has 3 aromatic rings. The molecule has 0 spiro atoms. The zero-order chi connectivity index (χ0) is 27.8. The molecule has 1 aliphatic carbocycles. The minimum absolute atomic E-state index is 0.00384. The molecule has 2 unspecified atom stereocenters. The molecule has 2 aromatic carbocycles. The number of benzene rings is 2. The topological polar surface area (TPSA) is 71.9 Å². The van der Waals surface area contributed by atoms with Crippen molar-refractivity contribution >= 4 is 5.97 Å². The molecular weight excluding hydrogens is 495 g/mol. The molecule has 0 amide bonds. The maximum Gasteiger partial charge on any atom is 0.306 e. The van der Waals surface area contributed by atoms with Crippen molar-refractivity contribution in [2.75, 3.05) is 21.2 Å². The molecule has 1 fully saturated rings. The van der Waals surface area contributed by atoms with Gasteiger partial charge in [0.2, 0.25) is 5.88 Å². The first-order valence-electron chi connectivity index (χ1n) is 13.7. The summed E-state index contributed by atoms with van der Waals surface area (Å²) in [4.78, 5) is 17.9. The fourth-order valence-electron chi connectivity index (χ4n) is 5.79. The Labute approximate surface area is 229 Å². The molecule has 4 atom stereocenters. The van der Waals surface area contributed by atoms with Gasteiger partial charge in [0.1, 0.15) is 17.7 Å². The summed E-state index contributed by atoms with van der Waals surface area (Å²) in [6.45, 7) is 3.91. The number of aliphatic carboxylic acids is 1. The number of carbonyl (C=O) groups is 1. The van der Waals surface area contributed by atoms with Crippen LogP contribution in [0.1, 0.15) is 73.4 Å². The van der Waals surface area contributed by atoms with Gasteiger partial charge >= 0.3 is 5.97 Å². The van der Waals surface area contributed by atoms with Crippen LogP contribution < -0.4 is 9.47 Å². The first kappa shape index (κ1) is 27.1. The van der Waals surface area contributed by atoms with Crippen molar-refractivity contribution in [1.82, 2.24) is 9.88 Å². The smallest absolute Gasteiger partial charge is 0.306 e. The van der Waals surface area contributed by atoms with Crippen molar-refractivity contribution in [1.29, 1.82) is 0 Å². The van der Waals surface area contributed by atoms with Gasteiger partial charge in [-0.15, -0.1) is 0 Å². The van der Waals surface area contributed by atoms with Gasteiger partial charge in [-0.2, -0.15) is 0 Å². The van der Waals surface area contributed by atoms with E-state index in [2.05, 4.69) is 41.1 Å². The Morgan fingerprint density at radius 1 is 1.10 bits per heavy atom. The van der Waals surface area contributed by atoms with Crippen LogP contribution in [0.2, 0.25) is 0 Å². The largest absolute Gasteiger partial charge is 0.485 e. The fraction of sp³-hybridized carbons (Fsp3) is 0.438. The van der Waals surface area contributed by atoms with Crippen molar-refractivity contribution in [3.8, 4) is 22.8 Å². The molecular formula is C32H37FN2O4. The number of hydrogen-bond acceptors (Lipinski definition) is 5. The number of aromatic nitrogens is 1. The van der Waals surface area contributed by atoms with Crippen molar-refractivity contribution in [2.45, 2.75) is 57.6 Å². The third-order valence-electron chi connectivity index (χ3n) is 8.48. The van der Waals surface area contributed by atoms with Crippen molar-refractivity contribution in [3.63, 3.8) is 0 Å². The number of halogens is 1. The molecule has 39 heavy (non-hydrogen) atoms. The normalized spacial score (nSPS) is 19.1. The zero-order valence-electron chi connectivity index (χ0n) is 23.3. The lowest BCUT2D eigenvalue weighted by Crippen LogP contribution is -2.22. The number of methoxy groups -OCH3 is 1. The van der Waals surface area contributed by atoms with Gasteiger partial charge < -0.3 is 19.5 Å². The summed E-state index contributed by atoms with van der Waals surface area (Å²) in [6.07, 6.45) is 4.90. The third kappa shape index (κ3) is 5.50. The second-order valence-corrected chi connectivity index (χ2v) is 11.2. The molecule has 206 valence electrons. The SMILES string of the molecule is COc1cc(-c2ccc(C3CCc4ccc([C@H](C5CC5)[C@H](C)C(=O)O)cc4O3)cc2C(C)N(C)C)c(F)cn1. The van der Waals surface area contributed by atoms with Gasteiger partial charge in [0.05, 0.1) is 19.2 Å². The minimum atomic E-state index is -0.755. The van der Waals surface area contributed by atoms with Crippen LogP contribution in [-0.4, -0.2) is 42.2 Å². The summed E-state index contributed by atoms with van der Waals surface area (Å²) in [7, 11) is 5.54. The highest BCUT2D eigenvalue weighted by Crippen LogP contribution is 2.48. The van der Waals surface area contributed by atoms with E-state index < -0.39 is 17.7 Å². The van der Waals surface area contributed by atoms with Crippen LogP contribution in [0.5, 0.6) is 11.6 Å². The Bertz CT molecular complexity index is 1370. The second-order valence-electron chi connectivity index (χ2n) is 11.2. The lowest BCUT2D eigenvalue weighted by Gasteiger charge is -2.30. The predicted molar refractivity (Wildman–Crippen MR) is 149 cm³/mol. The lowest BCUT2D eigenvalue weighted by molar-refractivity contribution is -0.142. The summed E-state index contributed by atoms with van der Waals surface area (Å²) in [5, 5.41) is 9.71. The highest BCUT2D eigenvalue weighted by Gasteiger charge is 2.39. The van der Waals surface area contributed by atoms with Crippen LogP contribution in [0.3, 0.4) is 0 Å². The number of aryl methyl sites for hydroxylation is 1. The number of ether oxygens (including phenoxy) is 2. The Balaban J connectivity index is 1.49. The van der Waals surface area contributed by atoms with Crippen LogP contribution in [0.4, 0.5) is 4.39 Å². The minimum Gasteiger partial charge on any atom is -0.485 e. The van der Waals surface area contributed by atoms with Crippen molar-refractivity contribution < 1.29 is 23.8 Å². The average molecular weight is 533 g/mol. The van der Waals surface area contributed by atoms with Gasteiger partial charge in [-0.25, -0.2) is 9.37 Å². The lowest BCUT2D eigenvalue weighted by atomic mass is 9.82. The van der Waals surface area contributed by atoms with E-state index in [0.717, 1.165) is 59.3 Å². The Hall–Kier alpha value is -3.45. The highest BCUT2D eigenvalue weighted by atomic mass is 19.1. The van der Waals surface area contributed by atoms with E-state index in [1.165, 1.54) is 13.3 Å². The van der Waals surface area contributed by atoms with Crippen LogP contribution in [-0.2, 0) is 11.2 Å². The quantitative estimate of drug-likeness (QED) is 0.327. The maximum absolute atomic E-state index is 14.9. The molecule has 1 aromatic heterocycles. The molecule has 0 bridgehead atoms. The van der Waals surface area contributed by atoms with Gasteiger partial charge in [0.15, 0.2) is 0 Å². The standard InChI is InChI=1S/C32H37FN2O4/c1-18(32(36)37)31(21-7-8-21)23-9-6-20-11-13-28(39-29(20)15-23)22-10-12-24(25(14-22)19(2)35(3)4)26-16-30(38-5)34-17-27(26)33/h6,9-10,12,14-19,21,28,31H,7-8,11,13H2,1-5H3,(H,36,37)/t18-,19?,28?,31-/m0/s1. The Kier molecular flexibility index (Phi) is 7.63. The monoisotopic (exact) mass is 532 g/mol. The molecule has 0 saturated heterocycles. The summed E-state index contributed by atoms with van der Waals surface area (Å²) in [5.41, 5.74) is 5.49. The summed E-state index contributed by atoms with van der Waals surface area (Å²) < 4.78 is 26.8. The van der Waals surface area contributed by atoms with Crippen LogP contribution in [0.15, 0.2) is 48.7 Å². The summed E-state index contributed by atoms with van der Waals surface area (Å²) in [6, 6.07) is 14.0. The van der Waals surface area contributed by atoms with E-state index in [0.29, 0.717) is 17.4 Å². The summed E-state index contributed by atoms with van der Waals surface area (Å²) >= 11 is 0. The molecule has 2 aliphatic rings. The molecule has 6 nitrogen and oxygen atoms in total. The molecule has 1 aliphatic heterocycles. The second kappa shape index (κ2) is 11.0. The highest BCUT2D eigenvalue weighted by molar-refractivity contribution is 5.71. The van der Waals surface area contributed by atoms with Crippen LogP contribution in [0.25, 0.3) is 11.1 Å². The van der Waals surface area contributed by atoms with Gasteiger partial charge in [0, 0.05) is 17.7 Å². The number of rotatable bonds is 9. The fourth-order valence-corrected chi connectivity index (χ4v) is 5.79. The first-order chi connectivity index (χ1) is 18.7. The maximum atomic E-state index is 14.9. The number of carboxylic acid groups (broad SMARTS) is 1. The van der Waals surface area contributed by atoms with E-state index in [4.69, 9.17) is 9.47 Å². The van der Waals surface area contributed by atoms with Gasteiger partial charge in [-0.1, -0.05) is 31.2 Å². The van der Waals surface area contributed by atoms with Crippen LogP contribution in [0, 0.1) is 17.7 Å². The van der Waals surface area contributed by atoms with E-state index in [-0.39, 0.29) is 18.1 Å². The number of pyridine rings is 1. The zero-order valence-corrected chi connectivity index (χ0v) is 23.3. The molecule has 0 radical (unpaired) electrons. The number of hydrogen-bond donors (Lipinski definition) is 1. The Morgan fingerprint density at radius 2 is 1.87 bits per heavy atom. The molecule has 2 heterocycles. The van der Waals surface area contributed by atoms with E-state index >= 15 is 0 Å². The average Bonchev–Trinajstić information content (AvgIpc) is 3.77. The predicted octanol–water partition coefficient (Wildman–Crippen LogP) is 6.80. The van der Waals surface area contributed by atoms with E-state index in [1.54, 1.807) is 6.07 Å². The number of carboxylic acids is 1. The van der Waals surface area contributed by atoms with E-state index in [9.17, 15) is 14.3 Å². The Morgan fingerprint density at radius 3 is 2.54 bits per heavy atom. The first-order valence-corrected chi connectivity index (χ1v) is 13.7. The third-order valence-corrected chi connectivity index (χ3v) is 8.48. The van der Waals surface area contributed by atoms with Crippen molar-refractivity contribution in [2.24, 2.45) is 11.8 Å². The van der Waals surface area contributed by atoms with E-state index in [1.807, 2.05) is 33.2 Å². The van der Waals surface area contributed by atoms with Gasteiger partial charge in [0.25, 0.3) is 0 Å². The summed E-state index contributed by atoms with van der Waals surface area (Å²) in [5.74, 6) is 0.0251. The molecule has 5 rings (SSSR count). The van der Waals surface area contributed by atoms with Gasteiger partial charge in [-0.3, -0.25) is 4.79 Å². The number of nitrogens with zero attached hydrogens (tertiary/aromatic N) is 2.